The number of amides is 1. The van der Waals surface area contributed by atoms with E-state index in [1.54, 1.807) is 35.1 Å². The number of ether oxygens (including phenoxy) is 2. The quantitative estimate of drug-likeness (QED) is 0.437. The normalized spacial score (nSPS) is 12.1. The molecular weight excluding hydrogens is 450 g/mol. The van der Waals surface area contributed by atoms with Crippen LogP contribution in [0.3, 0.4) is 0 Å². The van der Waals surface area contributed by atoms with Crippen LogP contribution >= 0.6 is 23.8 Å². The van der Waals surface area contributed by atoms with Crippen molar-refractivity contribution in [1.29, 1.82) is 0 Å². The SMILES string of the molecule is Cc1cc2nn(-c3ccc(Cl)cc3)nc2cc1NC(=S)NC(=O)c1ccc2c(c1)OCO2. The van der Waals surface area contributed by atoms with E-state index in [1.807, 2.05) is 31.2 Å². The summed E-state index contributed by atoms with van der Waals surface area (Å²) in [5, 5.41) is 15.6. The highest BCUT2D eigenvalue weighted by Gasteiger charge is 2.17. The summed E-state index contributed by atoms with van der Waals surface area (Å²) in [4.78, 5) is 14.1. The Labute approximate surface area is 193 Å². The fourth-order valence-corrected chi connectivity index (χ4v) is 3.59. The summed E-state index contributed by atoms with van der Waals surface area (Å²) in [6, 6.07) is 15.9. The molecule has 32 heavy (non-hydrogen) atoms. The van der Waals surface area contributed by atoms with Gasteiger partial charge in [0, 0.05) is 16.3 Å². The molecule has 0 saturated heterocycles. The molecule has 0 unspecified atom stereocenters. The molecule has 10 heteroatoms. The molecule has 5 rings (SSSR count). The summed E-state index contributed by atoms with van der Waals surface area (Å²) < 4.78 is 10.6. The lowest BCUT2D eigenvalue weighted by Gasteiger charge is -2.12. The monoisotopic (exact) mass is 465 g/mol. The van der Waals surface area contributed by atoms with E-state index in [-0.39, 0.29) is 17.8 Å². The van der Waals surface area contributed by atoms with Gasteiger partial charge in [-0.05, 0) is 79.3 Å². The minimum atomic E-state index is -0.354. The maximum atomic E-state index is 12.6. The Bertz CT molecular complexity index is 1370. The van der Waals surface area contributed by atoms with Crippen LogP contribution in [0, 0.1) is 6.92 Å². The van der Waals surface area contributed by atoms with Gasteiger partial charge in [-0.15, -0.1) is 10.2 Å². The summed E-state index contributed by atoms with van der Waals surface area (Å²) >= 11 is 11.3. The van der Waals surface area contributed by atoms with Gasteiger partial charge in [0.25, 0.3) is 5.91 Å². The number of aryl methyl sites for hydroxylation is 1. The van der Waals surface area contributed by atoms with Gasteiger partial charge in [-0.1, -0.05) is 11.6 Å². The molecule has 0 aliphatic carbocycles. The molecule has 1 aromatic heterocycles. The fraction of sp³-hybridized carbons (Fsp3) is 0.0909. The fourth-order valence-electron chi connectivity index (χ4n) is 3.26. The zero-order valence-electron chi connectivity index (χ0n) is 16.8. The van der Waals surface area contributed by atoms with Crippen molar-refractivity contribution in [2.45, 2.75) is 6.92 Å². The van der Waals surface area contributed by atoms with Crippen molar-refractivity contribution in [3.63, 3.8) is 0 Å². The molecule has 1 amide bonds. The van der Waals surface area contributed by atoms with E-state index in [0.717, 1.165) is 22.5 Å². The second kappa shape index (κ2) is 8.10. The third-order valence-corrected chi connectivity index (χ3v) is 5.35. The molecule has 0 fully saturated rings. The van der Waals surface area contributed by atoms with Crippen molar-refractivity contribution in [2.24, 2.45) is 0 Å². The first kappa shape index (κ1) is 20.2. The standard InChI is InChI=1S/C22H16ClN5O3S/c1-12-8-17-18(27-28(26-17)15-5-3-14(23)4-6-15)10-16(12)24-22(32)25-21(29)13-2-7-19-20(9-13)31-11-30-19/h2-10H,11H2,1H3,(H2,24,25,29,32). The van der Waals surface area contributed by atoms with Crippen LogP contribution in [0.15, 0.2) is 54.6 Å². The first-order valence-corrected chi connectivity index (χ1v) is 10.4. The Kier molecular flexibility index (Phi) is 5.12. The number of benzene rings is 3. The number of aromatic nitrogens is 3. The Morgan fingerprint density at radius 1 is 1.03 bits per heavy atom. The summed E-state index contributed by atoms with van der Waals surface area (Å²) in [5.74, 6) is 0.785. The van der Waals surface area contributed by atoms with Crippen LogP contribution in [-0.2, 0) is 0 Å². The van der Waals surface area contributed by atoms with Crippen molar-refractivity contribution in [3.05, 3.63) is 70.7 Å². The Morgan fingerprint density at radius 3 is 2.53 bits per heavy atom. The molecule has 1 aliphatic rings. The molecule has 0 atom stereocenters. The highest BCUT2D eigenvalue weighted by molar-refractivity contribution is 7.80. The third kappa shape index (κ3) is 3.95. The van der Waals surface area contributed by atoms with Crippen molar-refractivity contribution < 1.29 is 14.3 Å². The van der Waals surface area contributed by atoms with Crippen molar-refractivity contribution in [2.75, 3.05) is 12.1 Å². The van der Waals surface area contributed by atoms with Gasteiger partial charge in [-0.3, -0.25) is 10.1 Å². The number of anilines is 1. The van der Waals surface area contributed by atoms with E-state index in [9.17, 15) is 4.79 Å². The van der Waals surface area contributed by atoms with Crippen LogP contribution in [-0.4, -0.2) is 32.8 Å². The Hall–Kier alpha value is -3.69. The largest absolute Gasteiger partial charge is 0.454 e. The number of hydrogen-bond donors (Lipinski definition) is 2. The molecule has 2 heterocycles. The summed E-state index contributed by atoms with van der Waals surface area (Å²) in [6.45, 7) is 2.07. The number of halogens is 1. The molecule has 1 aliphatic heterocycles. The Morgan fingerprint density at radius 2 is 1.75 bits per heavy atom. The van der Waals surface area contributed by atoms with Gasteiger partial charge in [0.2, 0.25) is 6.79 Å². The van der Waals surface area contributed by atoms with Crippen LogP contribution in [0.1, 0.15) is 15.9 Å². The number of fused-ring (bicyclic) bond motifs is 2. The highest BCUT2D eigenvalue weighted by atomic mass is 35.5. The smallest absolute Gasteiger partial charge is 0.257 e. The van der Waals surface area contributed by atoms with Gasteiger partial charge in [0.1, 0.15) is 11.0 Å². The zero-order valence-corrected chi connectivity index (χ0v) is 18.3. The molecule has 8 nitrogen and oxygen atoms in total. The molecular formula is C22H16ClN5O3S. The van der Waals surface area contributed by atoms with E-state index in [2.05, 4.69) is 20.8 Å². The van der Waals surface area contributed by atoms with E-state index in [0.29, 0.717) is 27.6 Å². The van der Waals surface area contributed by atoms with Crippen LogP contribution in [0.5, 0.6) is 11.5 Å². The minimum absolute atomic E-state index is 0.144. The van der Waals surface area contributed by atoms with Gasteiger partial charge < -0.3 is 14.8 Å². The predicted octanol–water partition coefficient (Wildman–Crippen LogP) is 4.24. The molecule has 4 aromatic rings. The molecule has 2 N–H and O–H groups in total. The molecule has 3 aromatic carbocycles. The van der Waals surface area contributed by atoms with E-state index < -0.39 is 0 Å². The lowest BCUT2D eigenvalue weighted by Crippen LogP contribution is -2.34. The van der Waals surface area contributed by atoms with Gasteiger partial charge in [-0.25, -0.2) is 0 Å². The van der Waals surface area contributed by atoms with Crippen molar-refractivity contribution >= 4 is 51.6 Å². The van der Waals surface area contributed by atoms with Crippen LogP contribution in [0.4, 0.5) is 5.69 Å². The maximum Gasteiger partial charge on any atom is 0.257 e. The van der Waals surface area contributed by atoms with Crippen LogP contribution < -0.4 is 20.1 Å². The first-order chi connectivity index (χ1) is 15.5. The first-order valence-electron chi connectivity index (χ1n) is 9.62. The lowest BCUT2D eigenvalue weighted by molar-refractivity contribution is 0.0977. The van der Waals surface area contributed by atoms with E-state index >= 15 is 0 Å². The summed E-state index contributed by atoms with van der Waals surface area (Å²) in [5.41, 5.74) is 4.24. The maximum absolute atomic E-state index is 12.6. The minimum Gasteiger partial charge on any atom is -0.454 e. The van der Waals surface area contributed by atoms with Gasteiger partial charge >= 0.3 is 0 Å². The van der Waals surface area contributed by atoms with Gasteiger partial charge in [0.05, 0.1) is 5.69 Å². The van der Waals surface area contributed by atoms with E-state index in [4.69, 9.17) is 33.3 Å². The number of carbonyl (C=O) groups excluding carboxylic acids is 1. The third-order valence-electron chi connectivity index (χ3n) is 4.89. The van der Waals surface area contributed by atoms with E-state index in [1.165, 1.54) is 0 Å². The second-order valence-electron chi connectivity index (χ2n) is 7.10. The number of rotatable bonds is 3. The average molecular weight is 466 g/mol. The second-order valence-corrected chi connectivity index (χ2v) is 7.94. The molecule has 160 valence electrons. The summed E-state index contributed by atoms with van der Waals surface area (Å²) in [6.07, 6.45) is 0. The average Bonchev–Trinajstić information content (AvgIpc) is 3.40. The van der Waals surface area contributed by atoms with Gasteiger partial charge in [0.15, 0.2) is 16.6 Å². The predicted molar refractivity (Wildman–Crippen MR) is 125 cm³/mol. The number of nitrogens with zero attached hydrogens (tertiary/aromatic N) is 3. The number of thiocarbonyl (C=S) groups is 1. The van der Waals surface area contributed by atoms with Gasteiger partial charge in [-0.2, -0.15) is 4.80 Å². The molecule has 0 saturated carbocycles. The zero-order chi connectivity index (χ0) is 22.2. The summed E-state index contributed by atoms with van der Waals surface area (Å²) in [7, 11) is 0. The molecule has 0 radical (unpaired) electrons. The number of nitrogens with one attached hydrogen (secondary N) is 2. The number of hydrogen-bond acceptors (Lipinski definition) is 6. The number of carbonyl (C=O) groups is 1. The van der Waals surface area contributed by atoms with Crippen LogP contribution in [0.2, 0.25) is 5.02 Å². The highest BCUT2D eigenvalue weighted by Crippen LogP contribution is 2.32. The lowest BCUT2D eigenvalue weighted by atomic mass is 10.1. The van der Waals surface area contributed by atoms with Crippen LogP contribution in [0.25, 0.3) is 16.7 Å². The molecule has 0 spiro atoms. The van der Waals surface area contributed by atoms with Crippen molar-refractivity contribution in [3.8, 4) is 17.2 Å². The molecule has 0 bridgehead atoms. The van der Waals surface area contributed by atoms with Crippen molar-refractivity contribution in [1.82, 2.24) is 20.3 Å². The topological polar surface area (TPSA) is 90.3 Å². The Balaban J connectivity index is 1.33.